The van der Waals surface area contributed by atoms with Crippen molar-refractivity contribution in [3.63, 3.8) is 0 Å². The number of nitrogens with two attached hydrogens (primary N) is 1. The second-order valence-corrected chi connectivity index (χ2v) is 5.07. The highest BCUT2D eigenvalue weighted by atomic mass is 16.6. The third-order valence-corrected chi connectivity index (χ3v) is 3.63. The van der Waals surface area contributed by atoms with Gasteiger partial charge in [-0.2, -0.15) is 0 Å². The lowest BCUT2D eigenvalue weighted by Gasteiger charge is -2.22. The summed E-state index contributed by atoms with van der Waals surface area (Å²) in [4.78, 5) is 22.4. The number of rotatable bonds is 3. The summed E-state index contributed by atoms with van der Waals surface area (Å²) in [5.74, 6) is -0.256. The van der Waals surface area contributed by atoms with Gasteiger partial charge in [-0.1, -0.05) is 18.9 Å². The second-order valence-electron chi connectivity index (χ2n) is 5.07. The van der Waals surface area contributed by atoms with Gasteiger partial charge in [-0.3, -0.25) is 14.9 Å². The van der Waals surface area contributed by atoms with Crippen molar-refractivity contribution in [2.45, 2.75) is 38.1 Å². The van der Waals surface area contributed by atoms with Gasteiger partial charge in [-0.15, -0.1) is 0 Å². The first-order valence-corrected chi connectivity index (χ1v) is 6.28. The summed E-state index contributed by atoms with van der Waals surface area (Å²) < 4.78 is 0. The molecule has 2 rings (SSSR count). The van der Waals surface area contributed by atoms with E-state index in [2.05, 4.69) is 5.32 Å². The Bertz CT molecular complexity index is 522. The molecule has 0 spiro atoms. The summed E-state index contributed by atoms with van der Waals surface area (Å²) in [7, 11) is 0. The molecule has 0 bridgehead atoms. The van der Waals surface area contributed by atoms with Gasteiger partial charge in [0, 0.05) is 12.1 Å². The molecule has 102 valence electrons. The maximum Gasteiger partial charge on any atom is 0.271 e. The van der Waals surface area contributed by atoms with Crippen LogP contribution in [0.1, 0.15) is 31.2 Å². The summed E-state index contributed by atoms with van der Waals surface area (Å²) in [5.41, 5.74) is 6.41. The van der Waals surface area contributed by atoms with Gasteiger partial charge in [-0.05, 0) is 25.3 Å². The minimum absolute atomic E-state index is 0.0432. The van der Waals surface area contributed by atoms with Crippen LogP contribution in [0.4, 0.5) is 11.4 Å². The molecule has 1 saturated carbocycles. The number of carbonyl (C=O) groups excluding carboxylic acids is 1. The van der Waals surface area contributed by atoms with Crippen LogP contribution in [0.25, 0.3) is 0 Å². The molecule has 1 aliphatic carbocycles. The Labute approximate surface area is 111 Å². The van der Waals surface area contributed by atoms with Gasteiger partial charge in [-0.25, -0.2) is 0 Å². The molecule has 1 fully saturated rings. The summed E-state index contributed by atoms with van der Waals surface area (Å²) in [5, 5.41) is 13.5. The monoisotopic (exact) mass is 263 g/mol. The predicted molar refractivity (Wildman–Crippen MR) is 71.8 cm³/mol. The van der Waals surface area contributed by atoms with Gasteiger partial charge in [0.15, 0.2) is 0 Å². The highest BCUT2D eigenvalue weighted by molar-refractivity contribution is 5.98. The van der Waals surface area contributed by atoms with Gasteiger partial charge < -0.3 is 11.1 Å². The quantitative estimate of drug-likeness (QED) is 0.644. The molecule has 3 N–H and O–H groups in total. The Hall–Kier alpha value is -1.95. The number of nitro benzene ring substituents is 1. The van der Waals surface area contributed by atoms with Crippen LogP contribution in [-0.4, -0.2) is 16.4 Å². The van der Waals surface area contributed by atoms with E-state index in [0.717, 1.165) is 18.4 Å². The molecule has 19 heavy (non-hydrogen) atoms. The van der Waals surface area contributed by atoms with Crippen LogP contribution in [0, 0.1) is 17.0 Å². The van der Waals surface area contributed by atoms with Crippen molar-refractivity contribution in [2.24, 2.45) is 5.73 Å². The van der Waals surface area contributed by atoms with Crippen LogP contribution < -0.4 is 11.1 Å². The zero-order valence-electron chi connectivity index (χ0n) is 10.8. The molecule has 6 nitrogen and oxygen atoms in total. The average Bonchev–Trinajstić information content (AvgIpc) is 2.80. The maximum atomic E-state index is 12.2. The number of carbonyl (C=O) groups is 1. The molecule has 1 amide bonds. The van der Waals surface area contributed by atoms with Crippen LogP contribution in [0.3, 0.4) is 0 Å². The minimum Gasteiger partial charge on any atom is -0.324 e. The van der Waals surface area contributed by atoms with Crippen molar-refractivity contribution >= 4 is 17.3 Å². The van der Waals surface area contributed by atoms with Crippen molar-refractivity contribution < 1.29 is 9.72 Å². The number of nitrogens with zero attached hydrogens (tertiary/aromatic N) is 1. The van der Waals surface area contributed by atoms with Crippen LogP contribution in [0.15, 0.2) is 18.2 Å². The molecule has 0 atom stereocenters. The van der Waals surface area contributed by atoms with Crippen LogP contribution in [-0.2, 0) is 4.79 Å². The van der Waals surface area contributed by atoms with E-state index in [1.54, 1.807) is 13.0 Å². The number of benzene rings is 1. The fourth-order valence-electron chi connectivity index (χ4n) is 2.34. The third-order valence-electron chi connectivity index (χ3n) is 3.63. The van der Waals surface area contributed by atoms with Gasteiger partial charge in [0.1, 0.15) is 0 Å². The van der Waals surface area contributed by atoms with E-state index in [0.29, 0.717) is 18.5 Å². The molecule has 6 heteroatoms. The van der Waals surface area contributed by atoms with Crippen molar-refractivity contribution in [1.82, 2.24) is 0 Å². The van der Waals surface area contributed by atoms with Crippen molar-refractivity contribution in [2.75, 3.05) is 5.32 Å². The topological polar surface area (TPSA) is 98.3 Å². The number of nitro groups is 1. The van der Waals surface area contributed by atoms with Gasteiger partial charge in [0.05, 0.1) is 16.1 Å². The standard InChI is InChI=1S/C13H17N3O3/c1-9-4-5-10(16(18)19)8-11(9)15-12(17)13(14)6-2-3-7-13/h4-5,8H,2-3,6-7,14H2,1H3,(H,15,17). The number of hydrogen-bond acceptors (Lipinski definition) is 4. The lowest BCUT2D eigenvalue weighted by molar-refractivity contribution is -0.384. The number of amides is 1. The summed E-state index contributed by atoms with van der Waals surface area (Å²) in [6, 6.07) is 4.40. The number of aryl methyl sites for hydroxylation is 1. The van der Waals surface area contributed by atoms with E-state index in [9.17, 15) is 14.9 Å². The Morgan fingerprint density at radius 2 is 2.05 bits per heavy atom. The van der Waals surface area contributed by atoms with Gasteiger partial charge in [0.25, 0.3) is 5.69 Å². The van der Waals surface area contributed by atoms with Crippen molar-refractivity contribution in [3.8, 4) is 0 Å². The first-order valence-electron chi connectivity index (χ1n) is 6.28. The number of nitrogens with one attached hydrogen (secondary N) is 1. The first-order chi connectivity index (χ1) is 8.92. The van der Waals surface area contributed by atoms with Crippen molar-refractivity contribution in [3.05, 3.63) is 33.9 Å². The summed E-state index contributed by atoms with van der Waals surface area (Å²) >= 11 is 0. The number of anilines is 1. The highest BCUT2D eigenvalue weighted by Crippen LogP contribution is 2.29. The van der Waals surface area contributed by atoms with Gasteiger partial charge >= 0.3 is 0 Å². The Kier molecular flexibility index (Phi) is 3.53. The fourth-order valence-corrected chi connectivity index (χ4v) is 2.34. The molecule has 1 aliphatic rings. The number of non-ortho nitro benzene ring substituents is 1. The fraction of sp³-hybridized carbons (Fsp3) is 0.462. The van der Waals surface area contributed by atoms with E-state index in [-0.39, 0.29) is 11.6 Å². The SMILES string of the molecule is Cc1ccc([N+](=O)[O-])cc1NC(=O)C1(N)CCCC1. The lowest BCUT2D eigenvalue weighted by atomic mass is 9.98. The molecule has 1 aromatic carbocycles. The Balaban J connectivity index is 2.20. The van der Waals surface area contributed by atoms with E-state index >= 15 is 0 Å². The summed E-state index contributed by atoms with van der Waals surface area (Å²) in [6.07, 6.45) is 3.20. The maximum absolute atomic E-state index is 12.2. The molecule has 0 saturated heterocycles. The Morgan fingerprint density at radius 3 is 2.63 bits per heavy atom. The van der Waals surface area contributed by atoms with E-state index in [1.807, 2.05) is 0 Å². The molecule has 0 heterocycles. The normalized spacial score (nSPS) is 17.2. The summed E-state index contributed by atoms with van der Waals surface area (Å²) in [6.45, 7) is 1.79. The molecule has 0 radical (unpaired) electrons. The third kappa shape index (κ3) is 2.73. The smallest absolute Gasteiger partial charge is 0.271 e. The molecule has 0 aliphatic heterocycles. The first kappa shape index (κ1) is 13.5. The zero-order valence-corrected chi connectivity index (χ0v) is 10.8. The largest absolute Gasteiger partial charge is 0.324 e. The van der Waals surface area contributed by atoms with Crippen LogP contribution >= 0.6 is 0 Å². The van der Waals surface area contributed by atoms with Crippen LogP contribution in [0.5, 0.6) is 0 Å². The average molecular weight is 263 g/mol. The Morgan fingerprint density at radius 1 is 1.42 bits per heavy atom. The zero-order chi connectivity index (χ0) is 14.0. The van der Waals surface area contributed by atoms with E-state index in [1.165, 1.54) is 12.1 Å². The molecular formula is C13H17N3O3. The van der Waals surface area contributed by atoms with Gasteiger partial charge in [0.2, 0.25) is 5.91 Å². The molecule has 1 aromatic rings. The predicted octanol–water partition coefficient (Wildman–Crippen LogP) is 2.11. The van der Waals surface area contributed by atoms with E-state index in [4.69, 9.17) is 5.73 Å². The second kappa shape index (κ2) is 4.97. The van der Waals surface area contributed by atoms with Crippen molar-refractivity contribution in [1.29, 1.82) is 0 Å². The minimum atomic E-state index is -0.836. The lowest BCUT2D eigenvalue weighted by Crippen LogP contribution is -2.48. The van der Waals surface area contributed by atoms with E-state index < -0.39 is 10.5 Å². The van der Waals surface area contributed by atoms with Crippen LogP contribution in [0.2, 0.25) is 0 Å². The molecule has 0 aromatic heterocycles. The number of hydrogen-bond donors (Lipinski definition) is 2. The molecule has 0 unspecified atom stereocenters. The molecular weight excluding hydrogens is 246 g/mol. The highest BCUT2D eigenvalue weighted by Gasteiger charge is 2.37.